The first-order valence-electron chi connectivity index (χ1n) is 9.71. The van der Waals surface area contributed by atoms with Gasteiger partial charge < -0.3 is 24.2 Å². The molecule has 2 aliphatic rings. The minimum Gasteiger partial charge on any atom is -0.385 e. The van der Waals surface area contributed by atoms with Gasteiger partial charge in [0.1, 0.15) is 18.3 Å². The Kier molecular flexibility index (Phi) is 6.89. The molecular formula is C20H32N2O4. The van der Waals surface area contributed by atoms with Gasteiger partial charge in [0.15, 0.2) is 6.29 Å². The zero-order chi connectivity index (χ0) is 18.5. The van der Waals surface area contributed by atoms with Crippen LogP contribution in [0.5, 0.6) is 0 Å². The lowest BCUT2D eigenvalue weighted by Gasteiger charge is -2.37. The van der Waals surface area contributed by atoms with Crippen molar-refractivity contribution in [3.8, 4) is 0 Å². The molecule has 0 bridgehead atoms. The molecule has 2 aliphatic heterocycles. The van der Waals surface area contributed by atoms with Crippen LogP contribution in [0.25, 0.3) is 0 Å². The smallest absolute Gasteiger partial charge is 0.186 e. The van der Waals surface area contributed by atoms with E-state index in [1.165, 1.54) is 5.69 Å². The number of ether oxygens (including phenoxy) is 3. The third-order valence-corrected chi connectivity index (χ3v) is 4.99. The number of rotatable bonds is 7. The fourth-order valence-corrected chi connectivity index (χ4v) is 3.71. The second-order valence-corrected chi connectivity index (χ2v) is 7.26. The Hall–Kier alpha value is -1.18. The first kappa shape index (κ1) is 19.6. The van der Waals surface area contributed by atoms with Crippen molar-refractivity contribution < 1.29 is 19.3 Å². The number of hydrogen-bond acceptors (Lipinski definition) is 6. The van der Waals surface area contributed by atoms with E-state index in [-0.39, 0.29) is 18.3 Å². The van der Waals surface area contributed by atoms with Crippen molar-refractivity contribution in [1.29, 1.82) is 0 Å². The molecule has 0 aliphatic carbocycles. The van der Waals surface area contributed by atoms with Gasteiger partial charge in [-0.15, -0.1) is 0 Å². The largest absolute Gasteiger partial charge is 0.385 e. The third kappa shape index (κ3) is 4.75. The normalized spacial score (nSPS) is 30.3. The van der Waals surface area contributed by atoms with E-state index >= 15 is 0 Å². The molecule has 0 radical (unpaired) electrons. The molecule has 0 aromatic heterocycles. The van der Waals surface area contributed by atoms with Crippen LogP contribution in [0.3, 0.4) is 0 Å². The molecular weight excluding hydrogens is 332 g/mol. The lowest BCUT2D eigenvalue weighted by Crippen LogP contribution is -2.50. The molecule has 0 spiro atoms. The Morgan fingerprint density at radius 2 is 1.85 bits per heavy atom. The molecule has 2 fully saturated rings. The van der Waals surface area contributed by atoms with Crippen molar-refractivity contribution in [3.05, 3.63) is 30.3 Å². The van der Waals surface area contributed by atoms with Gasteiger partial charge in [0.05, 0.1) is 6.10 Å². The summed E-state index contributed by atoms with van der Waals surface area (Å²) in [4.78, 5) is 4.80. The molecule has 2 heterocycles. The van der Waals surface area contributed by atoms with Gasteiger partial charge in [-0.05, 0) is 32.9 Å². The predicted molar refractivity (Wildman–Crippen MR) is 101 cm³/mol. The summed E-state index contributed by atoms with van der Waals surface area (Å²) in [6.07, 6.45) is -1.85. The molecule has 146 valence electrons. The maximum atomic E-state index is 10.5. The van der Waals surface area contributed by atoms with Crippen LogP contribution in [0.2, 0.25) is 0 Å². The summed E-state index contributed by atoms with van der Waals surface area (Å²) in [7, 11) is 0. The lowest BCUT2D eigenvalue weighted by molar-refractivity contribution is -0.185. The van der Waals surface area contributed by atoms with Crippen molar-refractivity contribution >= 4 is 5.69 Å². The van der Waals surface area contributed by atoms with Crippen LogP contribution < -0.4 is 4.90 Å². The number of nitrogens with zero attached hydrogens (tertiary/aromatic N) is 2. The molecule has 3 rings (SSSR count). The maximum absolute atomic E-state index is 10.5. The molecule has 6 heteroatoms. The van der Waals surface area contributed by atoms with Gasteiger partial charge in [0.25, 0.3) is 0 Å². The summed E-state index contributed by atoms with van der Waals surface area (Å²) >= 11 is 0. The van der Waals surface area contributed by atoms with Gasteiger partial charge >= 0.3 is 0 Å². The number of aliphatic hydroxyl groups is 1. The zero-order valence-electron chi connectivity index (χ0n) is 16.1. The molecule has 0 amide bonds. The highest BCUT2D eigenvalue weighted by Crippen LogP contribution is 2.27. The number of hydrogen-bond donors (Lipinski definition) is 1. The van der Waals surface area contributed by atoms with Crippen molar-refractivity contribution in [1.82, 2.24) is 4.90 Å². The average Bonchev–Trinajstić information content (AvgIpc) is 2.92. The van der Waals surface area contributed by atoms with Gasteiger partial charge in [-0.25, -0.2) is 0 Å². The molecule has 0 saturated carbocycles. The van der Waals surface area contributed by atoms with Crippen molar-refractivity contribution in [2.45, 2.75) is 51.5 Å². The highest BCUT2D eigenvalue weighted by molar-refractivity contribution is 5.46. The molecule has 2 saturated heterocycles. The van der Waals surface area contributed by atoms with Crippen LogP contribution in [0.1, 0.15) is 20.8 Å². The first-order valence-corrected chi connectivity index (χ1v) is 9.71. The van der Waals surface area contributed by atoms with Crippen LogP contribution in [-0.4, -0.2) is 80.0 Å². The Morgan fingerprint density at radius 1 is 1.15 bits per heavy atom. The van der Waals surface area contributed by atoms with Gasteiger partial charge in [-0.2, -0.15) is 0 Å². The maximum Gasteiger partial charge on any atom is 0.186 e. The first-order chi connectivity index (χ1) is 12.6. The monoisotopic (exact) mass is 364 g/mol. The molecule has 1 aromatic rings. The van der Waals surface area contributed by atoms with Crippen molar-refractivity contribution in [3.63, 3.8) is 0 Å². The van der Waals surface area contributed by atoms with E-state index in [9.17, 15) is 5.11 Å². The van der Waals surface area contributed by atoms with Crippen LogP contribution in [-0.2, 0) is 14.2 Å². The fourth-order valence-electron chi connectivity index (χ4n) is 3.71. The van der Waals surface area contributed by atoms with Gasteiger partial charge in [-0.1, -0.05) is 18.2 Å². The van der Waals surface area contributed by atoms with Crippen LogP contribution in [0, 0.1) is 0 Å². The van der Waals surface area contributed by atoms with E-state index in [0.29, 0.717) is 6.61 Å². The summed E-state index contributed by atoms with van der Waals surface area (Å²) in [5.74, 6) is 0. The van der Waals surface area contributed by atoms with E-state index < -0.39 is 12.4 Å². The summed E-state index contributed by atoms with van der Waals surface area (Å²) in [6, 6.07) is 10.5. The van der Waals surface area contributed by atoms with E-state index in [1.54, 1.807) is 0 Å². The quantitative estimate of drug-likeness (QED) is 0.795. The standard InChI is InChI=1S/C20H32N2O4/c1-4-24-19-17(26-20(18(19)23)25-15(2)3)14-21-10-12-22(13-11-21)16-8-6-5-7-9-16/h5-9,15,17-20,23H,4,10-14H2,1-3H3/t17-,18-,19+,20?/m1/s1. The molecule has 1 unspecified atom stereocenters. The van der Waals surface area contributed by atoms with E-state index in [1.807, 2.05) is 26.8 Å². The third-order valence-electron chi connectivity index (χ3n) is 4.99. The van der Waals surface area contributed by atoms with Gasteiger partial charge in [-0.3, -0.25) is 4.90 Å². The minimum atomic E-state index is -0.743. The van der Waals surface area contributed by atoms with Gasteiger partial charge in [0, 0.05) is 45.0 Å². The highest BCUT2D eigenvalue weighted by Gasteiger charge is 2.46. The Bertz CT molecular complexity index is 534. The van der Waals surface area contributed by atoms with Crippen LogP contribution in [0.15, 0.2) is 30.3 Å². The molecule has 1 N–H and O–H groups in total. The Labute approximate surface area is 156 Å². The SMILES string of the molecule is CCO[C@H]1[C@@H](CN2CCN(c3ccccc3)CC2)OC(OC(C)C)[C@@H]1O. The Balaban J connectivity index is 1.54. The number of para-hydroxylation sites is 1. The molecule has 6 nitrogen and oxygen atoms in total. The summed E-state index contributed by atoms with van der Waals surface area (Å²) in [6.45, 7) is 11.1. The lowest BCUT2D eigenvalue weighted by atomic mass is 10.1. The van der Waals surface area contributed by atoms with Crippen molar-refractivity contribution in [2.75, 3.05) is 44.2 Å². The van der Waals surface area contributed by atoms with Crippen LogP contribution in [0.4, 0.5) is 5.69 Å². The van der Waals surface area contributed by atoms with E-state index in [0.717, 1.165) is 32.7 Å². The van der Waals surface area contributed by atoms with E-state index in [4.69, 9.17) is 14.2 Å². The number of benzene rings is 1. The second-order valence-electron chi connectivity index (χ2n) is 7.26. The van der Waals surface area contributed by atoms with Crippen LogP contribution >= 0.6 is 0 Å². The molecule has 1 aromatic carbocycles. The molecule has 26 heavy (non-hydrogen) atoms. The second kappa shape index (κ2) is 9.15. The number of anilines is 1. The zero-order valence-corrected chi connectivity index (χ0v) is 16.1. The number of aliphatic hydroxyl groups excluding tert-OH is 1. The Morgan fingerprint density at radius 3 is 2.46 bits per heavy atom. The predicted octanol–water partition coefficient (Wildman–Crippen LogP) is 1.72. The average molecular weight is 364 g/mol. The summed E-state index contributed by atoms with van der Waals surface area (Å²) in [5, 5.41) is 10.5. The fraction of sp³-hybridized carbons (Fsp3) is 0.700. The number of piperazine rings is 1. The molecule has 4 atom stereocenters. The minimum absolute atomic E-state index is 0.00472. The summed E-state index contributed by atoms with van der Waals surface area (Å²) in [5.41, 5.74) is 1.28. The van der Waals surface area contributed by atoms with Crippen molar-refractivity contribution in [2.24, 2.45) is 0 Å². The highest BCUT2D eigenvalue weighted by atomic mass is 16.7. The van der Waals surface area contributed by atoms with E-state index in [2.05, 4.69) is 34.1 Å². The summed E-state index contributed by atoms with van der Waals surface area (Å²) < 4.78 is 17.5. The topological polar surface area (TPSA) is 54.4 Å². The van der Waals surface area contributed by atoms with Gasteiger partial charge in [0.2, 0.25) is 0 Å².